The number of hydrogen-bond acceptors (Lipinski definition) is 4. The Morgan fingerprint density at radius 1 is 1.14 bits per heavy atom. The van der Waals surface area contributed by atoms with Gasteiger partial charge in [-0.2, -0.15) is 0 Å². The van der Waals surface area contributed by atoms with Crippen LogP contribution in [0.4, 0.5) is 5.13 Å². The molecule has 0 bridgehead atoms. The number of aryl methyl sites for hydroxylation is 1. The van der Waals surface area contributed by atoms with Crippen LogP contribution in [-0.4, -0.2) is 20.7 Å². The van der Waals surface area contributed by atoms with E-state index in [1.54, 1.807) is 0 Å². The molecule has 1 N–H and O–H groups in total. The number of benzene rings is 1. The van der Waals surface area contributed by atoms with Crippen LogP contribution in [0.15, 0.2) is 54.9 Å². The Morgan fingerprint density at radius 3 is 2.48 bits per heavy atom. The van der Waals surface area contributed by atoms with Gasteiger partial charge in [-0.1, -0.05) is 41.7 Å². The molecule has 106 valence electrons. The van der Waals surface area contributed by atoms with Crippen molar-refractivity contribution in [3.63, 3.8) is 0 Å². The molecule has 0 saturated carbocycles. The molecule has 6 heteroatoms. The molecule has 2 aromatic heterocycles. The maximum Gasteiger partial charge on any atom is 0.253 e. The van der Waals surface area contributed by atoms with Gasteiger partial charge in [0.25, 0.3) is 5.91 Å². The summed E-state index contributed by atoms with van der Waals surface area (Å²) in [5.74, 6) is -0.131. The standard InChI is InChI=1S/C15H14N4OS/c1-11-17-18-15(21-11)16-14(20)13(19-9-5-6-10-19)12-7-3-2-4-8-12/h2-10,13H,1H3,(H,16,18,20)/t13-/m0/s1. The molecule has 1 aromatic carbocycles. The van der Waals surface area contributed by atoms with Gasteiger partial charge in [0.2, 0.25) is 5.13 Å². The average Bonchev–Trinajstić information content (AvgIpc) is 3.13. The quantitative estimate of drug-likeness (QED) is 0.805. The van der Waals surface area contributed by atoms with Crippen molar-refractivity contribution in [2.75, 3.05) is 5.32 Å². The van der Waals surface area contributed by atoms with Crippen LogP contribution >= 0.6 is 11.3 Å². The fraction of sp³-hybridized carbons (Fsp3) is 0.133. The first-order valence-corrected chi connectivity index (χ1v) is 7.34. The summed E-state index contributed by atoms with van der Waals surface area (Å²) in [5, 5.41) is 12.0. The number of rotatable bonds is 4. The molecule has 5 nitrogen and oxygen atoms in total. The van der Waals surface area contributed by atoms with Gasteiger partial charge in [-0.15, -0.1) is 10.2 Å². The minimum Gasteiger partial charge on any atom is -0.338 e. The fourth-order valence-electron chi connectivity index (χ4n) is 2.14. The van der Waals surface area contributed by atoms with Crippen LogP contribution in [0.2, 0.25) is 0 Å². The summed E-state index contributed by atoms with van der Waals surface area (Å²) >= 11 is 1.36. The second-order valence-corrected chi connectivity index (χ2v) is 5.74. The summed E-state index contributed by atoms with van der Waals surface area (Å²) in [4.78, 5) is 12.6. The minimum absolute atomic E-state index is 0.131. The monoisotopic (exact) mass is 298 g/mol. The van der Waals surface area contributed by atoms with Gasteiger partial charge < -0.3 is 4.57 Å². The first-order valence-electron chi connectivity index (χ1n) is 6.52. The average molecular weight is 298 g/mol. The predicted octanol–water partition coefficient (Wildman–Crippen LogP) is 2.88. The van der Waals surface area contributed by atoms with E-state index in [0.717, 1.165) is 10.6 Å². The van der Waals surface area contributed by atoms with Gasteiger partial charge in [-0.3, -0.25) is 10.1 Å². The van der Waals surface area contributed by atoms with Crippen molar-refractivity contribution in [2.24, 2.45) is 0 Å². The summed E-state index contributed by atoms with van der Waals surface area (Å²) in [5.41, 5.74) is 0.924. The van der Waals surface area contributed by atoms with Crippen LogP contribution < -0.4 is 5.32 Å². The second-order valence-electron chi connectivity index (χ2n) is 4.56. The van der Waals surface area contributed by atoms with Gasteiger partial charge in [0.05, 0.1) is 0 Å². The van der Waals surface area contributed by atoms with Gasteiger partial charge in [0, 0.05) is 12.4 Å². The third-order valence-corrected chi connectivity index (χ3v) is 3.80. The van der Waals surface area contributed by atoms with Crippen LogP contribution in [0.1, 0.15) is 16.6 Å². The van der Waals surface area contributed by atoms with E-state index in [0.29, 0.717) is 5.13 Å². The largest absolute Gasteiger partial charge is 0.338 e. The molecule has 0 aliphatic rings. The number of hydrogen-bond donors (Lipinski definition) is 1. The molecule has 3 aromatic rings. The molecule has 2 heterocycles. The van der Waals surface area contributed by atoms with Crippen molar-refractivity contribution in [3.05, 3.63) is 65.4 Å². The van der Waals surface area contributed by atoms with Gasteiger partial charge in [-0.25, -0.2) is 0 Å². The molecular formula is C15H14N4OS. The first kappa shape index (κ1) is 13.5. The second kappa shape index (κ2) is 5.88. The zero-order chi connectivity index (χ0) is 14.7. The molecule has 21 heavy (non-hydrogen) atoms. The predicted molar refractivity (Wildman–Crippen MR) is 82.3 cm³/mol. The summed E-state index contributed by atoms with van der Waals surface area (Å²) in [6.45, 7) is 1.86. The van der Waals surface area contributed by atoms with Crippen molar-refractivity contribution in [3.8, 4) is 0 Å². The van der Waals surface area contributed by atoms with E-state index in [1.807, 2.05) is 66.3 Å². The van der Waals surface area contributed by atoms with Crippen molar-refractivity contribution in [1.82, 2.24) is 14.8 Å². The number of amides is 1. The normalized spacial score (nSPS) is 12.0. The summed E-state index contributed by atoms with van der Waals surface area (Å²) in [6.07, 6.45) is 3.76. The van der Waals surface area contributed by atoms with E-state index in [4.69, 9.17) is 0 Å². The van der Waals surface area contributed by atoms with Crippen molar-refractivity contribution < 1.29 is 4.79 Å². The van der Waals surface area contributed by atoms with E-state index < -0.39 is 6.04 Å². The number of nitrogens with one attached hydrogen (secondary N) is 1. The Bertz CT molecular complexity index is 721. The van der Waals surface area contributed by atoms with E-state index >= 15 is 0 Å². The van der Waals surface area contributed by atoms with E-state index in [-0.39, 0.29) is 5.91 Å². The van der Waals surface area contributed by atoms with Crippen molar-refractivity contribution >= 4 is 22.4 Å². The van der Waals surface area contributed by atoms with Crippen LogP contribution in [-0.2, 0) is 4.79 Å². The number of aromatic nitrogens is 3. The highest BCUT2D eigenvalue weighted by atomic mass is 32.1. The minimum atomic E-state index is -0.426. The van der Waals surface area contributed by atoms with Crippen LogP contribution in [0, 0.1) is 6.92 Å². The molecular weight excluding hydrogens is 284 g/mol. The molecule has 0 aliphatic carbocycles. The highest BCUT2D eigenvalue weighted by Gasteiger charge is 2.22. The highest BCUT2D eigenvalue weighted by molar-refractivity contribution is 7.15. The lowest BCUT2D eigenvalue weighted by Gasteiger charge is -2.18. The van der Waals surface area contributed by atoms with Crippen molar-refractivity contribution in [2.45, 2.75) is 13.0 Å². The number of anilines is 1. The highest BCUT2D eigenvalue weighted by Crippen LogP contribution is 2.22. The van der Waals surface area contributed by atoms with Gasteiger partial charge >= 0.3 is 0 Å². The van der Waals surface area contributed by atoms with Gasteiger partial charge in [-0.05, 0) is 24.6 Å². The lowest BCUT2D eigenvalue weighted by molar-refractivity contribution is -0.118. The zero-order valence-electron chi connectivity index (χ0n) is 11.4. The molecule has 0 spiro atoms. The topological polar surface area (TPSA) is 59.8 Å². The van der Waals surface area contributed by atoms with Crippen molar-refractivity contribution in [1.29, 1.82) is 0 Å². The van der Waals surface area contributed by atoms with Crippen LogP contribution in [0.3, 0.4) is 0 Å². The van der Waals surface area contributed by atoms with E-state index in [9.17, 15) is 4.79 Å². The molecule has 0 aliphatic heterocycles. The third-order valence-electron chi connectivity index (χ3n) is 3.05. The summed E-state index contributed by atoms with van der Waals surface area (Å²) < 4.78 is 1.87. The Hall–Kier alpha value is -2.47. The Kier molecular flexibility index (Phi) is 3.79. The van der Waals surface area contributed by atoms with E-state index in [1.165, 1.54) is 11.3 Å². The van der Waals surface area contributed by atoms with Crippen LogP contribution in [0.5, 0.6) is 0 Å². The Labute approximate surface area is 126 Å². The first-order chi connectivity index (χ1) is 10.2. The lowest BCUT2D eigenvalue weighted by atomic mass is 10.1. The SMILES string of the molecule is Cc1nnc(NC(=O)[C@H](c2ccccc2)n2cccc2)s1. The third kappa shape index (κ3) is 3.00. The number of nitrogens with zero attached hydrogens (tertiary/aromatic N) is 3. The smallest absolute Gasteiger partial charge is 0.253 e. The molecule has 1 amide bonds. The maximum absolute atomic E-state index is 12.6. The molecule has 0 saturated heterocycles. The Morgan fingerprint density at radius 2 is 1.86 bits per heavy atom. The molecule has 0 fully saturated rings. The molecule has 0 unspecified atom stereocenters. The number of carbonyl (C=O) groups excluding carboxylic acids is 1. The summed E-state index contributed by atoms with van der Waals surface area (Å²) in [6, 6.07) is 13.0. The summed E-state index contributed by atoms with van der Waals surface area (Å²) in [7, 11) is 0. The number of carbonyl (C=O) groups is 1. The van der Waals surface area contributed by atoms with Gasteiger partial charge in [0.1, 0.15) is 11.0 Å². The zero-order valence-corrected chi connectivity index (χ0v) is 12.2. The molecule has 1 atom stereocenters. The van der Waals surface area contributed by atoms with Gasteiger partial charge in [0.15, 0.2) is 0 Å². The Balaban J connectivity index is 1.90. The van der Waals surface area contributed by atoms with Crippen LogP contribution in [0.25, 0.3) is 0 Å². The lowest BCUT2D eigenvalue weighted by Crippen LogP contribution is -2.26. The van der Waals surface area contributed by atoms with E-state index in [2.05, 4.69) is 15.5 Å². The fourth-order valence-corrected chi connectivity index (χ4v) is 2.73. The maximum atomic E-state index is 12.6. The molecule has 0 radical (unpaired) electrons. The molecule has 3 rings (SSSR count).